The van der Waals surface area contributed by atoms with Crippen LogP contribution in [0.15, 0.2) is 60.9 Å². The van der Waals surface area contributed by atoms with Gasteiger partial charge in [0, 0.05) is 33.8 Å². The first kappa shape index (κ1) is 16.8. The Morgan fingerprint density at radius 1 is 1.00 bits per heavy atom. The summed E-state index contributed by atoms with van der Waals surface area (Å²) in [4.78, 5) is 0. The summed E-state index contributed by atoms with van der Waals surface area (Å²) in [5, 5.41) is 11.9. The van der Waals surface area contributed by atoms with Crippen molar-refractivity contribution in [2.24, 2.45) is 0 Å². The molecule has 3 rings (SSSR count). The van der Waals surface area contributed by atoms with Crippen LogP contribution < -0.4 is 10.6 Å². The molecule has 4 nitrogen and oxygen atoms in total. The maximum Gasteiger partial charge on any atom is 0.175 e. The van der Waals surface area contributed by atoms with Crippen LogP contribution in [0.5, 0.6) is 0 Å². The van der Waals surface area contributed by atoms with E-state index in [1.165, 1.54) is 0 Å². The van der Waals surface area contributed by atoms with E-state index in [-0.39, 0.29) is 0 Å². The van der Waals surface area contributed by atoms with Gasteiger partial charge in [0.1, 0.15) is 0 Å². The number of aromatic nitrogens is 2. The average molecular weight is 377 g/mol. The lowest BCUT2D eigenvalue weighted by Crippen LogP contribution is -2.19. The van der Waals surface area contributed by atoms with E-state index in [9.17, 15) is 0 Å². The third-order valence-electron chi connectivity index (χ3n) is 3.24. The highest BCUT2D eigenvalue weighted by Gasteiger charge is 2.02. The van der Waals surface area contributed by atoms with Gasteiger partial charge in [-0.2, -0.15) is 5.10 Å². The van der Waals surface area contributed by atoms with Crippen molar-refractivity contribution in [3.63, 3.8) is 0 Å². The van der Waals surface area contributed by atoms with Crippen molar-refractivity contribution in [2.45, 2.75) is 6.54 Å². The summed E-state index contributed by atoms with van der Waals surface area (Å²) in [7, 11) is 0. The summed E-state index contributed by atoms with van der Waals surface area (Å²) in [6.07, 6.45) is 3.70. The van der Waals surface area contributed by atoms with E-state index in [2.05, 4.69) is 15.7 Å². The molecule has 0 atom stereocenters. The highest BCUT2D eigenvalue weighted by molar-refractivity contribution is 7.80. The van der Waals surface area contributed by atoms with Crippen LogP contribution in [0.1, 0.15) is 5.56 Å². The number of hydrogen-bond donors (Lipinski definition) is 2. The largest absolute Gasteiger partial charge is 0.332 e. The smallest absolute Gasteiger partial charge is 0.175 e. The van der Waals surface area contributed by atoms with Crippen LogP contribution in [0.2, 0.25) is 10.0 Å². The Labute approximate surface area is 155 Å². The molecule has 0 saturated heterocycles. The molecule has 0 aliphatic carbocycles. The van der Waals surface area contributed by atoms with Crippen LogP contribution in [0.3, 0.4) is 0 Å². The molecule has 122 valence electrons. The molecular weight excluding hydrogens is 363 g/mol. The van der Waals surface area contributed by atoms with Crippen molar-refractivity contribution in [1.82, 2.24) is 9.78 Å². The number of nitrogens with one attached hydrogen (secondary N) is 2. The fourth-order valence-corrected chi connectivity index (χ4v) is 2.96. The first-order valence-electron chi connectivity index (χ1n) is 7.19. The van der Waals surface area contributed by atoms with Gasteiger partial charge in [-0.1, -0.05) is 35.3 Å². The minimum absolute atomic E-state index is 0.466. The van der Waals surface area contributed by atoms with Crippen molar-refractivity contribution < 1.29 is 0 Å². The fraction of sp³-hybridized carbons (Fsp3) is 0.0588. The van der Waals surface area contributed by atoms with Gasteiger partial charge < -0.3 is 10.6 Å². The van der Waals surface area contributed by atoms with Crippen molar-refractivity contribution >= 4 is 51.9 Å². The van der Waals surface area contributed by atoms with E-state index in [1.807, 2.05) is 41.2 Å². The monoisotopic (exact) mass is 376 g/mol. The first-order valence-corrected chi connectivity index (χ1v) is 8.35. The second kappa shape index (κ2) is 7.66. The van der Waals surface area contributed by atoms with Gasteiger partial charge in [-0.25, -0.2) is 0 Å². The molecule has 0 amide bonds. The van der Waals surface area contributed by atoms with E-state index in [4.69, 9.17) is 35.4 Å². The average Bonchev–Trinajstić information content (AvgIpc) is 3.01. The van der Waals surface area contributed by atoms with Gasteiger partial charge in [0.25, 0.3) is 0 Å². The molecular formula is C17H14Cl2N4S. The standard InChI is InChI=1S/C17H14Cl2N4S/c18-13-8-14(19)10-16(9-13)22-17(24)21-15-4-2-12(3-5-15)11-23-7-1-6-20-23/h1-10H,11H2,(H2,21,22,24). The van der Waals surface area contributed by atoms with Gasteiger partial charge in [-0.15, -0.1) is 0 Å². The van der Waals surface area contributed by atoms with E-state index >= 15 is 0 Å². The number of anilines is 2. The predicted octanol–water partition coefficient (Wildman–Crippen LogP) is 5.05. The summed E-state index contributed by atoms with van der Waals surface area (Å²) in [6.45, 7) is 0.733. The van der Waals surface area contributed by atoms with Crippen molar-refractivity contribution in [2.75, 3.05) is 10.6 Å². The van der Waals surface area contributed by atoms with Gasteiger partial charge in [-0.3, -0.25) is 4.68 Å². The SMILES string of the molecule is S=C(Nc1ccc(Cn2cccn2)cc1)Nc1cc(Cl)cc(Cl)c1. The van der Waals surface area contributed by atoms with Gasteiger partial charge in [-0.05, 0) is 54.2 Å². The van der Waals surface area contributed by atoms with Crippen molar-refractivity contribution in [3.05, 3.63) is 76.5 Å². The zero-order valence-electron chi connectivity index (χ0n) is 12.5. The molecule has 2 N–H and O–H groups in total. The second-order valence-electron chi connectivity index (χ2n) is 5.14. The van der Waals surface area contributed by atoms with E-state index < -0.39 is 0 Å². The summed E-state index contributed by atoms with van der Waals surface area (Å²) in [6, 6.07) is 15.1. The molecule has 0 aliphatic rings. The molecule has 3 aromatic rings. The topological polar surface area (TPSA) is 41.9 Å². The number of rotatable bonds is 4. The van der Waals surface area contributed by atoms with Crippen molar-refractivity contribution in [1.29, 1.82) is 0 Å². The molecule has 1 heterocycles. The fourth-order valence-electron chi connectivity index (χ4n) is 2.19. The van der Waals surface area contributed by atoms with Gasteiger partial charge in [0.2, 0.25) is 0 Å². The molecule has 24 heavy (non-hydrogen) atoms. The summed E-state index contributed by atoms with van der Waals surface area (Å²) in [5.74, 6) is 0. The molecule has 0 spiro atoms. The van der Waals surface area contributed by atoms with Gasteiger partial charge in [0.05, 0.1) is 6.54 Å². The van der Waals surface area contributed by atoms with Gasteiger partial charge in [0.15, 0.2) is 5.11 Å². The lowest BCUT2D eigenvalue weighted by molar-refractivity contribution is 0.687. The Balaban J connectivity index is 1.60. The minimum atomic E-state index is 0.466. The van der Waals surface area contributed by atoms with Crippen LogP contribution in [-0.2, 0) is 6.54 Å². The lowest BCUT2D eigenvalue weighted by atomic mass is 10.2. The molecule has 0 bridgehead atoms. The van der Waals surface area contributed by atoms with Crippen LogP contribution in [0.4, 0.5) is 11.4 Å². The van der Waals surface area contributed by atoms with Crippen LogP contribution in [0.25, 0.3) is 0 Å². The molecule has 0 radical (unpaired) electrons. The number of benzene rings is 2. The van der Waals surface area contributed by atoms with Crippen LogP contribution >= 0.6 is 35.4 Å². The Hall–Kier alpha value is -2.08. The quantitative estimate of drug-likeness (QED) is 0.625. The maximum atomic E-state index is 5.97. The summed E-state index contributed by atoms with van der Waals surface area (Å²) < 4.78 is 1.87. The van der Waals surface area contributed by atoms with Crippen LogP contribution in [0, 0.1) is 0 Å². The zero-order valence-corrected chi connectivity index (χ0v) is 14.9. The first-order chi connectivity index (χ1) is 11.6. The minimum Gasteiger partial charge on any atom is -0.332 e. The van der Waals surface area contributed by atoms with Crippen molar-refractivity contribution in [3.8, 4) is 0 Å². The number of halogens is 2. The third kappa shape index (κ3) is 4.71. The number of nitrogens with zero attached hydrogens (tertiary/aromatic N) is 2. The predicted molar refractivity (Wildman–Crippen MR) is 104 cm³/mol. The Morgan fingerprint density at radius 3 is 2.29 bits per heavy atom. The molecule has 2 aromatic carbocycles. The Kier molecular flexibility index (Phi) is 5.35. The Morgan fingerprint density at radius 2 is 1.67 bits per heavy atom. The highest BCUT2D eigenvalue weighted by atomic mass is 35.5. The van der Waals surface area contributed by atoms with E-state index in [0.29, 0.717) is 15.2 Å². The molecule has 0 saturated carbocycles. The molecule has 1 aromatic heterocycles. The molecule has 0 aliphatic heterocycles. The zero-order chi connectivity index (χ0) is 16.9. The lowest BCUT2D eigenvalue weighted by Gasteiger charge is -2.12. The molecule has 0 fully saturated rings. The van der Waals surface area contributed by atoms with E-state index in [1.54, 1.807) is 24.4 Å². The normalized spacial score (nSPS) is 10.4. The third-order valence-corrected chi connectivity index (χ3v) is 3.88. The second-order valence-corrected chi connectivity index (χ2v) is 6.42. The highest BCUT2D eigenvalue weighted by Crippen LogP contribution is 2.22. The van der Waals surface area contributed by atoms with Gasteiger partial charge >= 0.3 is 0 Å². The molecule has 7 heteroatoms. The number of hydrogen-bond acceptors (Lipinski definition) is 2. The number of thiocarbonyl (C=S) groups is 1. The Bertz CT molecular complexity index is 812. The van der Waals surface area contributed by atoms with Crippen LogP contribution in [-0.4, -0.2) is 14.9 Å². The maximum absolute atomic E-state index is 5.97. The summed E-state index contributed by atoms with van der Waals surface area (Å²) in [5.41, 5.74) is 2.79. The summed E-state index contributed by atoms with van der Waals surface area (Å²) >= 11 is 17.3. The molecule has 0 unspecified atom stereocenters. The van der Waals surface area contributed by atoms with E-state index in [0.717, 1.165) is 23.5 Å².